The van der Waals surface area contributed by atoms with Crippen LogP contribution in [0.15, 0.2) is 67.3 Å². The van der Waals surface area contributed by atoms with Gasteiger partial charge in [0.2, 0.25) is 0 Å². The lowest BCUT2D eigenvalue weighted by molar-refractivity contribution is 0.528. The maximum atomic E-state index is 13.7. The molecule has 0 amide bonds. The molecule has 0 aliphatic heterocycles. The van der Waals surface area contributed by atoms with Crippen LogP contribution in [0.2, 0.25) is 0 Å². The first-order valence-corrected chi connectivity index (χ1v) is 7.29. The van der Waals surface area contributed by atoms with Gasteiger partial charge in [0.25, 0.3) is 0 Å². The minimum atomic E-state index is -0.169. The fourth-order valence-electron chi connectivity index (χ4n) is 2.40. The van der Waals surface area contributed by atoms with Crippen molar-refractivity contribution in [1.29, 1.82) is 0 Å². The van der Waals surface area contributed by atoms with Gasteiger partial charge in [-0.2, -0.15) is 0 Å². The molecule has 0 fully saturated rings. The van der Waals surface area contributed by atoms with E-state index in [-0.39, 0.29) is 11.9 Å². The van der Waals surface area contributed by atoms with E-state index in [1.807, 2.05) is 42.0 Å². The molecule has 0 aliphatic rings. The second-order valence-electron chi connectivity index (χ2n) is 5.26. The standard InChI is InChI=1S/C18H18FN3/c1-14(17-4-2-3-5-18(17)19)21-12-15-6-8-16(9-7-15)22-11-10-20-13-22/h2-11,13-14,21H,12H2,1H3/t14-/m1/s1. The summed E-state index contributed by atoms with van der Waals surface area (Å²) in [5.74, 6) is -0.169. The van der Waals surface area contributed by atoms with Crippen molar-refractivity contribution >= 4 is 0 Å². The van der Waals surface area contributed by atoms with E-state index in [0.717, 1.165) is 11.3 Å². The molecule has 4 heteroatoms. The highest BCUT2D eigenvalue weighted by Crippen LogP contribution is 2.17. The molecular formula is C18H18FN3. The Bertz CT molecular complexity index is 720. The highest BCUT2D eigenvalue weighted by Gasteiger charge is 2.09. The van der Waals surface area contributed by atoms with Crippen LogP contribution < -0.4 is 5.32 Å². The van der Waals surface area contributed by atoms with Crippen molar-refractivity contribution in [3.63, 3.8) is 0 Å². The predicted octanol–water partition coefficient (Wildman–Crippen LogP) is 3.86. The van der Waals surface area contributed by atoms with Crippen LogP contribution in [-0.2, 0) is 6.54 Å². The van der Waals surface area contributed by atoms with Gasteiger partial charge in [0, 0.05) is 36.2 Å². The van der Waals surface area contributed by atoms with E-state index in [1.54, 1.807) is 18.6 Å². The zero-order valence-electron chi connectivity index (χ0n) is 12.4. The quantitative estimate of drug-likeness (QED) is 0.774. The molecule has 0 bridgehead atoms. The molecule has 3 aromatic rings. The fourth-order valence-corrected chi connectivity index (χ4v) is 2.40. The van der Waals surface area contributed by atoms with Crippen LogP contribution in [0.4, 0.5) is 4.39 Å². The smallest absolute Gasteiger partial charge is 0.127 e. The third-order valence-corrected chi connectivity index (χ3v) is 3.72. The molecule has 3 nitrogen and oxygen atoms in total. The largest absolute Gasteiger partial charge is 0.306 e. The van der Waals surface area contributed by atoms with Crippen LogP contribution in [-0.4, -0.2) is 9.55 Å². The summed E-state index contributed by atoms with van der Waals surface area (Å²) in [6.07, 6.45) is 5.44. The van der Waals surface area contributed by atoms with Gasteiger partial charge in [0.1, 0.15) is 5.82 Å². The first-order valence-electron chi connectivity index (χ1n) is 7.29. The molecule has 1 heterocycles. The molecule has 1 N–H and O–H groups in total. The van der Waals surface area contributed by atoms with Crippen molar-refractivity contribution in [3.05, 3.63) is 84.2 Å². The van der Waals surface area contributed by atoms with Crippen LogP contribution in [0, 0.1) is 5.82 Å². The Morgan fingerprint density at radius 1 is 1.14 bits per heavy atom. The number of nitrogens with zero attached hydrogens (tertiary/aromatic N) is 2. The number of benzene rings is 2. The van der Waals surface area contributed by atoms with Crippen molar-refractivity contribution < 1.29 is 4.39 Å². The summed E-state index contributed by atoms with van der Waals surface area (Å²) in [6, 6.07) is 15.1. The Balaban J connectivity index is 1.63. The molecule has 112 valence electrons. The number of hydrogen-bond donors (Lipinski definition) is 1. The Morgan fingerprint density at radius 3 is 2.59 bits per heavy atom. The van der Waals surface area contributed by atoms with E-state index in [9.17, 15) is 4.39 Å². The van der Waals surface area contributed by atoms with Crippen molar-refractivity contribution in [3.8, 4) is 5.69 Å². The molecule has 0 radical (unpaired) electrons. The molecule has 0 aliphatic carbocycles. The molecule has 0 saturated carbocycles. The van der Waals surface area contributed by atoms with Crippen molar-refractivity contribution in [2.24, 2.45) is 0 Å². The molecule has 0 saturated heterocycles. The summed E-state index contributed by atoms with van der Waals surface area (Å²) < 4.78 is 15.7. The summed E-state index contributed by atoms with van der Waals surface area (Å²) in [5, 5.41) is 3.35. The summed E-state index contributed by atoms with van der Waals surface area (Å²) in [7, 11) is 0. The second-order valence-corrected chi connectivity index (χ2v) is 5.26. The lowest BCUT2D eigenvalue weighted by atomic mass is 10.1. The van der Waals surface area contributed by atoms with E-state index in [2.05, 4.69) is 22.4 Å². The first-order chi connectivity index (χ1) is 10.7. The van der Waals surface area contributed by atoms with Crippen molar-refractivity contribution in [2.75, 3.05) is 0 Å². The average Bonchev–Trinajstić information content (AvgIpc) is 3.08. The molecule has 2 aromatic carbocycles. The summed E-state index contributed by atoms with van der Waals surface area (Å²) >= 11 is 0. The van der Waals surface area contributed by atoms with E-state index in [0.29, 0.717) is 12.1 Å². The lowest BCUT2D eigenvalue weighted by Gasteiger charge is -2.15. The molecular weight excluding hydrogens is 277 g/mol. The molecule has 22 heavy (non-hydrogen) atoms. The number of hydrogen-bond acceptors (Lipinski definition) is 2. The third-order valence-electron chi connectivity index (χ3n) is 3.72. The van der Waals surface area contributed by atoms with E-state index >= 15 is 0 Å². The zero-order chi connectivity index (χ0) is 15.4. The van der Waals surface area contributed by atoms with Crippen LogP contribution in [0.3, 0.4) is 0 Å². The predicted molar refractivity (Wildman–Crippen MR) is 85.2 cm³/mol. The van der Waals surface area contributed by atoms with Gasteiger partial charge in [-0.3, -0.25) is 0 Å². The van der Waals surface area contributed by atoms with Gasteiger partial charge in [-0.05, 0) is 30.7 Å². The van der Waals surface area contributed by atoms with Gasteiger partial charge in [0.15, 0.2) is 0 Å². The molecule has 1 aromatic heterocycles. The van der Waals surface area contributed by atoms with E-state index in [4.69, 9.17) is 0 Å². The van der Waals surface area contributed by atoms with E-state index in [1.165, 1.54) is 6.07 Å². The van der Waals surface area contributed by atoms with Crippen molar-refractivity contribution in [1.82, 2.24) is 14.9 Å². The van der Waals surface area contributed by atoms with Crippen LogP contribution in [0.5, 0.6) is 0 Å². The third kappa shape index (κ3) is 3.23. The monoisotopic (exact) mass is 295 g/mol. The number of imidazole rings is 1. The van der Waals surface area contributed by atoms with Crippen molar-refractivity contribution in [2.45, 2.75) is 19.5 Å². The first kappa shape index (κ1) is 14.5. The molecule has 0 spiro atoms. The van der Waals surface area contributed by atoms with Crippen LogP contribution >= 0.6 is 0 Å². The Kier molecular flexibility index (Phi) is 4.30. The molecule has 0 unspecified atom stereocenters. The van der Waals surface area contributed by atoms with Gasteiger partial charge in [-0.1, -0.05) is 30.3 Å². The van der Waals surface area contributed by atoms with Gasteiger partial charge < -0.3 is 9.88 Å². The SMILES string of the molecule is C[C@@H](NCc1ccc(-n2ccnc2)cc1)c1ccccc1F. The second kappa shape index (κ2) is 6.54. The lowest BCUT2D eigenvalue weighted by Crippen LogP contribution is -2.19. The minimum Gasteiger partial charge on any atom is -0.306 e. The topological polar surface area (TPSA) is 29.9 Å². The fraction of sp³-hybridized carbons (Fsp3) is 0.167. The number of nitrogens with one attached hydrogen (secondary N) is 1. The Morgan fingerprint density at radius 2 is 1.91 bits per heavy atom. The van der Waals surface area contributed by atoms with Gasteiger partial charge in [-0.15, -0.1) is 0 Å². The highest BCUT2D eigenvalue weighted by molar-refractivity contribution is 5.34. The van der Waals surface area contributed by atoms with Gasteiger partial charge >= 0.3 is 0 Å². The van der Waals surface area contributed by atoms with Gasteiger partial charge in [-0.25, -0.2) is 9.37 Å². The summed E-state index contributed by atoms with van der Waals surface area (Å²) in [6.45, 7) is 2.66. The number of halogens is 1. The zero-order valence-corrected chi connectivity index (χ0v) is 12.4. The normalized spacial score (nSPS) is 12.3. The average molecular weight is 295 g/mol. The maximum absolute atomic E-state index is 13.7. The minimum absolute atomic E-state index is 0.0328. The number of aromatic nitrogens is 2. The van der Waals surface area contributed by atoms with Crippen LogP contribution in [0.25, 0.3) is 5.69 Å². The summed E-state index contributed by atoms with van der Waals surface area (Å²) in [4.78, 5) is 4.04. The Hall–Kier alpha value is -2.46. The number of rotatable bonds is 5. The summed E-state index contributed by atoms with van der Waals surface area (Å²) in [5.41, 5.74) is 2.92. The molecule has 1 atom stereocenters. The molecule has 3 rings (SSSR count). The highest BCUT2D eigenvalue weighted by atomic mass is 19.1. The van der Waals surface area contributed by atoms with E-state index < -0.39 is 0 Å². The Labute approximate surface area is 129 Å². The van der Waals surface area contributed by atoms with Crippen LogP contribution in [0.1, 0.15) is 24.1 Å². The maximum Gasteiger partial charge on any atom is 0.127 e. The van der Waals surface area contributed by atoms with Gasteiger partial charge in [0.05, 0.1) is 6.33 Å².